The second-order valence-corrected chi connectivity index (χ2v) is 5.12. The van der Waals surface area contributed by atoms with Crippen molar-refractivity contribution in [3.05, 3.63) is 35.9 Å². The van der Waals surface area contributed by atoms with E-state index in [2.05, 4.69) is 54.4 Å². The van der Waals surface area contributed by atoms with Gasteiger partial charge in [0.15, 0.2) is 0 Å². The van der Waals surface area contributed by atoms with Gasteiger partial charge < -0.3 is 10.2 Å². The predicted octanol–water partition coefficient (Wildman–Crippen LogP) is 2.34. The number of anilines is 1. The standard InChI is InChI=1S/C15H19N3/c1-11-9-13-5-3-4-6-14(13)17-15(11)18-8-7-16-12(2)10-18/h3-6,9,12,16H,7-8,10H2,1-2H3. The summed E-state index contributed by atoms with van der Waals surface area (Å²) in [5.41, 5.74) is 2.35. The molecule has 0 saturated carbocycles. The van der Waals surface area contributed by atoms with E-state index in [1.807, 2.05) is 0 Å². The van der Waals surface area contributed by atoms with Crippen molar-refractivity contribution in [1.29, 1.82) is 0 Å². The number of nitrogens with zero attached hydrogens (tertiary/aromatic N) is 2. The van der Waals surface area contributed by atoms with Crippen LogP contribution in [0.15, 0.2) is 30.3 Å². The first-order chi connectivity index (χ1) is 8.74. The fourth-order valence-corrected chi connectivity index (χ4v) is 2.66. The lowest BCUT2D eigenvalue weighted by atomic mass is 10.1. The van der Waals surface area contributed by atoms with Crippen molar-refractivity contribution >= 4 is 16.7 Å². The highest BCUT2D eigenvalue weighted by atomic mass is 15.2. The number of hydrogen-bond acceptors (Lipinski definition) is 3. The molecule has 0 amide bonds. The number of aryl methyl sites for hydroxylation is 1. The first kappa shape index (κ1) is 11.5. The Morgan fingerprint density at radius 1 is 1.33 bits per heavy atom. The summed E-state index contributed by atoms with van der Waals surface area (Å²) < 4.78 is 0. The molecule has 1 aromatic carbocycles. The van der Waals surface area contributed by atoms with Gasteiger partial charge in [-0.25, -0.2) is 4.98 Å². The van der Waals surface area contributed by atoms with E-state index in [0.717, 1.165) is 31.0 Å². The van der Waals surface area contributed by atoms with Crippen molar-refractivity contribution < 1.29 is 0 Å². The molecule has 1 aliphatic rings. The third kappa shape index (κ3) is 2.06. The molecule has 18 heavy (non-hydrogen) atoms. The van der Waals surface area contributed by atoms with Gasteiger partial charge in [-0.15, -0.1) is 0 Å². The largest absolute Gasteiger partial charge is 0.354 e. The maximum Gasteiger partial charge on any atom is 0.132 e. The highest BCUT2D eigenvalue weighted by molar-refractivity contribution is 5.81. The van der Waals surface area contributed by atoms with Crippen LogP contribution in [-0.4, -0.2) is 30.7 Å². The van der Waals surface area contributed by atoms with Gasteiger partial charge in [0, 0.05) is 31.1 Å². The number of nitrogens with one attached hydrogen (secondary N) is 1. The Labute approximate surface area is 108 Å². The fourth-order valence-electron chi connectivity index (χ4n) is 2.66. The highest BCUT2D eigenvalue weighted by Gasteiger charge is 2.18. The molecule has 0 bridgehead atoms. The van der Waals surface area contributed by atoms with Crippen LogP contribution in [0.2, 0.25) is 0 Å². The zero-order chi connectivity index (χ0) is 12.5. The quantitative estimate of drug-likeness (QED) is 0.830. The first-order valence-corrected chi connectivity index (χ1v) is 6.59. The Balaban J connectivity index is 2.02. The number of fused-ring (bicyclic) bond motifs is 1. The number of aromatic nitrogens is 1. The smallest absolute Gasteiger partial charge is 0.132 e. The van der Waals surface area contributed by atoms with Crippen LogP contribution >= 0.6 is 0 Å². The number of benzene rings is 1. The van der Waals surface area contributed by atoms with Crippen molar-refractivity contribution in [2.75, 3.05) is 24.5 Å². The average molecular weight is 241 g/mol. The zero-order valence-corrected chi connectivity index (χ0v) is 11.0. The minimum Gasteiger partial charge on any atom is -0.354 e. The van der Waals surface area contributed by atoms with E-state index in [1.54, 1.807) is 0 Å². The molecule has 3 heteroatoms. The van der Waals surface area contributed by atoms with E-state index in [0.29, 0.717) is 6.04 Å². The van der Waals surface area contributed by atoms with Gasteiger partial charge in [0.05, 0.1) is 5.52 Å². The summed E-state index contributed by atoms with van der Waals surface area (Å²) in [4.78, 5) is 7.22. The lowest BCUT2D eigenvalue weighted by molar-refractivity contribution is 0.482. The third-order valence-corrected chi connectivity index (χ3v) is 3.56. The number of rotatable bonds is 1. The lowest BCUT2D eigenvalue weighted by Crippen LogP contribution is -2.49. The molecule has 1 saturated heterocycles. The molecular formula is C15H19N3. The van der Waals surface area contributed by atoms with Crippen molar-refractivity contribution in [1.82, 2.24) is 10.3 Å². The van der Waals surface area contributed by atoms with Crippen LogP contribution < -0.4 is 10.2 Å². The predicted molar refractivity (Wildman–Crippen MR) is 76.2 cm³/mol. The van der Waals surface area contributed by atoms with E-state index in [9.17, 15) is 0 Å². The van der Waals surface area contributed by atoms with Crippen LogP contribution in [0.1, 0.15) is 12.5 Å². The Morgan fingerprint density at radius 3 is 3.00 bits per heavy atom. The van der Waals surface area contributed by atoms with E-state index in [4.69, 9.17) is 4.98 Å². The number of hydrogen-bond donors (Lipinski definition) is 1. The van der Waals surface area contributed by atoms with Gasteiger partial charge in [-0.05, 0) is 31.5 Å². The molecule has 1 aliphatic heterocycles. The van der Waals surface area contributed by atoms with Gasteiger partial charge in [-0.1, -0.05) is 18.2 Å². The first-order valence-electron chi connectivity index (χ1n) is 6.59. The Hall–Kier alpha value is -1.61. The maximum atomic E-state index is 4.83. The van der Waals surface area contributed by atoms with E-state index >= 15 is 0 Å². The monoisotopic (exact) mass is 241 g/mol. The summed E-state index contributed by atoms with van der Waals surface area (Å²) in [5, 5.41) is 4.69. The molecule has 3 rings (SSSR count). The average Bonchev–Trinajstić information content (AvgIpc) is 2.38. The Kier molecular flexibility index (Phi) is 2.92. The van der Waals surface area contributed by atoms with E-state index in [-0.39, 0.29) is 0 Å². The van der Waals surface area contributed by atoms with Crippen molar-refractivity contribution in [3.8, 4) is 0 Å². The molecule has 1 aromatic heterocycles. The SMILES string of the molecule is Cc1cc2ccccc2nc1N1CCNC(C)C1. The molecule has 0 spiro atoms. The Bertz CT molecular complexity index is 565. The van der Waals surface area contributed by atoms with Gasteiger partial charge in [0.25, 0.3) is 0 Å². The van der Waals surface area contributed by atoms with Crippen LogP contribution in [0.5, 0.6) is 0 Å². The molecule has 1 unspecified atom stereocenters. The van der Waals surface area contributed by atoms with Crippen molar-refractivity contribution in [2.24, 2.45) is 0 Å². The van der Waals surface area contributed by atoms with E-state index < -0.39 is 0 Å². The summed E-state index contributed by atoms with van der Waals surface area (Å²) in [6, 6.07) is 11.1. The van der Waals surface area contributed by atoms with Crippen LogP contribution in [-0.2, 0) is 0 Å². The molecule has 0 radical (unpaired) electrons. The maximum absolute atomic E-state index is 4.83. The normalized spacial score (nSPS) is 20.3. The summed E-state index contributed by atoms with van der Waals surface area (Å²) in [6.07, 6.45) is 0. The molecular weight excluding hydrogens is 222 g/mol. The molecule has 1 fully saturated rings. The molecule has 2 aromatic rings. The minimum atomic E-state index is 0.534. The van der Waals surface area contributed by atoms with Crippen LogP contribution in [0.3, 0.4) is 0 Å². The summed E-state index contributed by atoms with van der Waals surface area (Å²) >= 11 is 0. The fraction of sp³-hybridized carbons (Fsp3) is 0.400. The molecule has 1 atom stereocenters. The van der Waals surface area contributed by atoms with Gasteiger partial charge in [0.2, 0.25) is 0 Å². The lowest BCUT2D eigenvalue weighted by Gasteiger charge is -2.33. The number of piperazine rings is 1. The van der Waals surface area contributed by atoms with Gasteiger partial charge in [-0.2, -0.15) is 0 Å². The second kappa shape index (κ2) is 4.58. The second-order valence-electron chi connectivity index (χ2n) is 5.12. The topological polar surface area (TPSA) is 28.2 Å². The number of pyridine rings is 1. The molecule has 94 valence electrons. The molecule has 3 nitrogen and oxygen atoms in total. The van der Waals surface area contributed by atoms with Crippen LogP contribution in [0, 0.1) is 6.92 Å². The van der Waals surface area contributed by atoms with Crippen LogP contribution in [0.4, 0.5) is 5.82 Å². The number of para-hydroxylation sites is 1. The summed E-state index contributed by atoms with van der Waals surface area (Å²) in [6.45, 7) is 7.49. The molecule has 2 heterocycles. The third-order valence-electron chi connectivity index (χ3n) is 3.56. The van der Waals surface area contributed by atoms with Gasteiger partial charge in [0.1, 0.15) is 5.82 Å². The van der Waals surface area contributed by atoms with E-state index in [1.165, 1.54) is 10.9 Å². The van der Waals surface area contributed by atoms with Crippen molar-refractivity contribution in [3.63, 3.8) is 0 Å². The minimum absolute atomic E-state index is 0.534. The summed E-state index contributed by atoms with van der Waals surface area (Å²) in [5.74, 6) is 1.14. The van der Waals surface area contributed by atoms with Crippen LogP contribution in [0.25, 0.3) is 10.9 Å². The van der Waals surface area contributed by atoms with Gasteiger partial charge >= 0.3 is 0 Å². The molecule has 0 aliphatic carbocycles. The van der Waals surface area contributed by atoms with Crippen molar-refractivity contribution in [2.45, 2.75) is 19.9 Å². The highest BCUT2D eigenvalue weighted by Crippen LogP contribution is 2.23. The van der Waals surface area contributed by atoms with Gasteiger partial charge in [-0.3, -0.25) is 0 Å². The zero-order valence-electron chi connectivity index (χ0n) is 11.0. The molecule has 1 N–H and O–H groups in total. The Morgan fingerprint density at radius 2 is 2.17 bits per heavy atom. The summed E-state index contributed by atoms with van der Waals surface area (Å²) in [7, 11) is 0.